The third kappa shape index (κ3) is 5.05. The molecule has 2 atom stereocenters. The minimum Gasteiger partial charge on any atom is -0.392 e. The number of aryl methyl sites for hydroxylation is 2. The zero-order chi connectivity index (χ0) is 20.8. The second kappa shape index (κ2) is 9.71. The molecular formula is C25H30N2O2. The van der Waals surface area contributed by atoms with Crippen LogP contribution in [0, 0.1) is 25.7 Å². The third-order valence-corrected chi connectivity index (χ3v) is 5.66. The van der Waals surface area contributed by atoms with Gasteiger partial charge in [-0.1, -0.05) is 12.0 Å². The molecule has 1 aliphatic heterocycles. The van der Waals surface area contributed by atoms with Crippen LogP contribution in [0.15, 0.2) is 36.5 Å². The summed E-state index contributed by atoms with van der Waals surface area (Å²) in [6.07, 6.45) is 3.75. The molecule has 1 aromatic carbocycles. The van der Waals surface area contributed by atoms with E-state index in [4.69, 9.17) is 0 Å². The smallest absolute Gasteiger partial charge is 0.143 e. The lowest BCUT2D eigenvalue weighted by atomic mass is 9.80. The quantitative estimate of drug-likeness (QED) is 0.782. The number of ketones is 1. The molecule has 152 valence electrons. The van der Waals surface area contributed by atoms with Gasteiger partial charge < -0.3 is 10.0 Å². The molecule has 3 rings (SSSR count). The second-order valence-corrected chi connectivity index (χ2v) is 7.83. The van der Waals surface area contributed by atoms with Crippen molar-refractivity contribution in [3.63, 3.8) is 0 Å². The molecule has 0 aliphatic carbocycles. The van der Waals surface area contributed by atoms with Crippen LogP contribution in [0.25, 0.3) is 0 Å². The number of pyridine rings is 1. The molecule has 1 saturated heterocycles. The first kappa shape index (κ1) is 21.1. The van der Waals surface area contributed by atoms with Crippen LogP contribution in [0.2, 0.25) is 0 Å². The largest absolute Gasteiger partial charge is 0.392 e. The van der Waals surface area contributed by atoms with Gasteiger partial charge in [0.25, 0.3) is 0 Å². The SMILES string of the molecule is CC#Cc1cc(C)c(C2C(=O)CCCN(c3ccccn3)CCCC2O)c(C)c1. The molecule has 0 radical (unpaired) electrons. The van der Waals surface area contributed by atoms with Gasteiger partial charge >= 0.3 is 0 Å². The van der Waals surface area contributed by atoms with Crippen molar-refractivity contribution in [1.29, 1.82) is 0 Å². The summed E-state index contributed by atoms with van der Waals surface area (Å²) in [6.45, 7) is 7.49. The Hall–Kier alpha value is -2.64. The monoisotopic (exact) mass is 390 g/mol. The third-order valence-electron chi connectivity index (χ3n) is 5.66. The van der Waals surface area contributed by atoms with Gasteiger partial charge in [-0.3, -0.25) is 4.79 Å². The Labute approximate surface area is 174 Å². The lowest BCUT2D eigenvalue weighted by Gasteiger charge is -2.30. The summed E-state index contributed by atoms with van der Waals surface area (Å²) in [5, 5.41) is 11.0. The van der Waals surface area contributed by atoms with Crippen LogP contribution in [0.4, 0.5) is 5.82 Å². The number of rotatable bonds is 2. The fraction of sp³-hybridized carbons (Fsp3) is 0.440. The predicted octanol–water partition coefficient (Wildman–Crippen LogP) is 4.16. The van der Waals surface area contributed by atoms with Crippen molar-refractivity contribution in [1.82, 2.24) is 4.98 Å². The highest BCUT2D eigenvalue weighted by atomic mass is 16.3. The van der Waals surface area contributed by atoms with E-state index >= 15 is 0 Å². The highest BCUT2D eigenvalue weighted by Gasteiger charge is 2.31. The van der Waals surface area contributed by atoms with E-state index in [0.717, 1.165) is 54.0 Å². The van der Waals surface area contributed by atoms with Gasteiger partial charge in [0, 0.05) is 31.3 Å². The first-order chi connectivity index (χ1) is 14.0. The molecule has 4 nitrogen and oxygen atoms in total. The van der Waals surface area contributed by atoms with Crippen molar-refractivity contribution < 1.29 is 9.90 Å². The molecule has 2 unspecified atom stereocenters. The van der Waals surface area contributed by atoms with Crippen LogP contribution in [0.5, 0.6) is 0 Å². The summed E-state index contributed by atoms with van der Waals surface area (Å²) >= 11 is 0. The Morgan fingerprint density at radius 1 is 1.14 bits per heavy atom. The van der Waals surface area contributed by atoms with Crippen molar-refractivity contribution in [2.75, 3.05) is 18.0 Å². The van der Waals surface area contributed by atoms with E-state index in [2.05, 4.69) is 21.7 Å². The van der Waals surface area contributed by atoms with Gasteiger partial charge in [0.05, 0.1) is 12.0 Å². The number of carbonyl (C=O) groups is 1. The van der Waals surface area contributed by atoms with Crippen molar-refractivity contribution in [3.8, 4) is 11.8 Å². The van der Waals surface area contributed by atoms with Crippen molar-refractivity contribution in [2.24, 2.45) is 0 Å². The van der Waals surface area contributed by atoms with Crippen LogP contribution < -0.4 is 4.90 Å². The molecular weight excluding hydrogens is 360 g/mol. The molecule has 0 saturated carbocycles. The van der Waals surface area contributed by atoms with E-state index < -0.39 is 12.0 Å². The first-order valence-corrected chi connectivity index (χ1v) is 10.4. The Kier molecular flexibility index (Phi) is 7.06. The zero-order valence-electron chi connectivity index (χ0n) is 17.6. The molecule has 0 spiro atoms. The maximum Gasteiger partial charge on any atom is 0.143 e. The van der Waals surface area contributed by atoms with Crippen LogP contribution in [0.1, 0.15) is 60.8 Å². The first-order valence-electron chi connectivity index (χ1n) is 10.4. The molecule has 1 aliphatic rings. The number of Topliss-reactive ketones (excluding diaryl/α,β-unsaturated/α-hetero) is 1. The standard InChI is InChI=1S/C25H30N2O2/c1-4-9-20-16-18(2)24(19(3)17-20)25-21(28)10-7-14-27(15-8-11-22(25)29)23-12-5-6-13-26-23/h5-6,12-13,16-17,21,25,28H,7-8,10-11,14-15H2,1-3H3. The minimum absolute atomic E-state index is 0.126. The van der Waals surface area contributed by atoms with E-state index in [1.165, 1.54) is 0 Å². The van der Waals surface area contributed by atoms with Crippen LogP contribution in [-0.2, 0) is 4.79 Å². The van der Waals surface area contributed by atoms with Crippen molar-refractivity contribution in [3.05, 3.63) is 58.8 Å². The van der Waals surface area contributed by atoms with Gasteiger partial charge in [-0.25, -0.2) is 4.98 Å². The van der Waals surface area contributed by atoms with Gasteiger partial charge in [-0.05, 0) is 81.0 Å². The Bertz CT molecular complexity index is 888. The Morgan fingerprint density at radius 3 is 2.52 bits per heavy atom. The van der Waals surface area contributed by atoms with E-state index in [1.807, 2.05) is 51.1 Å². The lowest BCUT2D eigenvalue weighted by molar-refractivity contribution is -0.123. The number of hydrogen-bond donors (Lipinski definition) is 1. The maximum atomic E-state index is 13.2. The number of hydrogen-bond acceptors (Lipinski definition) is 4. The van der Waals surface area contributed by atoms with Gasteiger partial charge in [-0.2, -0.15) is 0 Å². The summed E-state index contributed by atoms with van der Waals surface area (Å²) in [5.41, 5.74) is 4.00. The number of carbonyl (C=O) groups excluding carboxylic acids is 1. The van der Waals surface area contributed by atoms with Gasteiger partial charge in [0.1, 0.15) is 11.6 Å². The summed E-state index contributed by atoms with van der Waals surface area (Å²) in [7, 11) is 0. The molecule has 1 aromatic heterocycles. The lowest BCUT2D eigenvalue weighted by Crippen LogP contribution is -2.33. The molecule has 2 aromatic rings. The number of benzene rings is 1. The summed E-state index contributed by atoms with van der Waals surface area (Å²) in [6, 6.07) is 9.95. The van der Waals surface area contributed by atoms with Gasteiger partial charge in [0.15, 0.2) is 0 Å². The molecule has 1 fully saturated rings. The second-order valence-electron chi connectivity index (χ2n) is 7.83. The average molecular weight is 391 g/mol. The molecule has 4 heteroatoms. The normalized spacial score (nSPS) is 20.7. The fourth-order valence-corrected chi connectivity index (χ4v) is 4.39. The van der Waals surface area contributed by atoms with E-state index in [1.54, 1.807) is 6.20 Å². The molecule has 0 bridgehead atoms. The summed E-state index contributed by atoms with van der Waals surface area (Å²) in [5.74, 6) is 6.63. The zero-order valence-corrected chi connectivity index (χ0v) is 17.6. The number of aliphatic hydroxyl groups excluding tert-OH is 1. The minimum atomic E-state index is -0.674. The molecule has 0 amide bonds. The van der Waals surface area contributed by atoms with Gasteiger partial charge in [0.2, 0.25) is 0 Å². The van der Waals surface area contributed by atoms with E-state index in [-0.39, 0.29) is 5.78 Å². The number of nitrogens with zero attached hydrogens (tertiary/aromatic N) is 2. The predicted molar refractivity (Wildman–Crippen MR) is 117 cm³/mol. The van der Waals surface area contributed by atoms with E-state index in [9.17, 15) is 9.90 Å². The number of aromatic nitrogens is 1. The molecule has 29 heavy (non-hydrogen) atoms. The highest BCUT2D eigenvalue weighted by Crippen LogP contribution is 2.32. The fourth-order valence-electron chi connectivity index (χ4n) is 4.39. The van der Waals surface area contributed by atoms with Crippen molar-refractivity contribution in [2.45, 2.75) is 58.5 Å². The maximum absolute atomic E-state index is 13.2. The summed E-state index contributed by atoms with van der Waals surface area (Å²) in [4.78, 5) is 19.8. The van der Waals surface area contributed by atoms with Crippen LogP contribution in [0.3, 0.4) is 0 Å². The van der Waals surface area contributed by atoms with Gasteiger partial charge in [-0.15, -0.1) is 5.92 Å². The topological polar surface area (TPSA) is 53.4 Å². The Balaban J connectivity index is 1.84. The number of anilines is 1. The van der Waals surface area contributed by atoms with Crippen molar-refractivity contribution >= 4 is 11.6 Å². The average Bonchev–Trinajstić information content (AvgIpc) is 2.69. The van der Waals surface area contributed by atoms with Crippen LogP contribution >= 0.6 is 0 Å². The summed E-state index contributed by atoms with van der Waals surface area (Å²) < 4.78 is 0. The molecule has 1 N–H and O–H groups in total. The highest BCUT2D eigenvalue weighted by molar-refractivity contribution is 5.87. The number of aliphatic hydroxyl groups is 1. The van der Waals surface area contributed by atoms with Crippen LogP contribution in [-0.4, -0.2) is 35.1 Å². The van der Waals surface area contributed by atoms with E-state index in [0.29, 0.717) is 12.8 Å². The molecule has 2 heterocycles. The Morgan fingerprint density at radius 2 is 1.86 bits per heavy atom.